The van der Waals surface area contributed by atoms with E-state index in [9.17, 15) is 4.79 Å². The van der Waals surface area contributed by atoms with Gasteiger partial charge >= 0.3 is 6.09 Å². The van der Waals surface area contributed by atoms with Gasteiger partial charge in [-0.15, -0.1) is 0 Å². The normalized spacial score (nSPS) is 29.7. The van der Waals surface area contributed by atoms with Gasteiger partial charge in [0.2, 0.25) is 0 Å². The van der Waals surface area contributed by atoms with Crippen LogP contribution in [0.15, 0.2) is 30.3 Å². The zero-order valence-electron chi connectivity index (χ0n) is 15.8. The third-order valence-electron chi connectivity index (χ3n) is 6.52. The molecule has 0 aromatic heterocycles. The van der Waals surface area contributed by atoms with E-state index in [1.165, 1.54) is 32.2 Å². The Morgan fingerprint density at radius 1 is 1.00 bits per heavy atom. The first-order chi connectivity index (χ1) is 12.7. The number of rotatable bonds is 4. The number of hydrogen-bond donors (Lipinski definition) is 0. The number of piperazine rings is 1. The molecule has 2 atom stereocenters. The summed E-state index contributed by atoms with van der Waals surface area (Å²) in [6.07, 6.45) is 5.20. The summed E-state index contributed by atoms with van der Waals surface area (Å²) >= 11 is 0. The highest BCUT2D eigenvalue weighted by atomic mass is 16.6. The Bertz CT molecular complexity index is 587. The van der Waals surface area contributed by atoms with Crippen molar-refractivity contribution in [3.05, 3.63) is 35.9 Å². The number of fused-ring (bicyclic) bond motifs is 2. The van der Waals surface area contributed by atoms with E-state index in [0.29, 0.717) is 12.6 Å². The van der Waals surface area contributed by atoms with Gasteiger partial charge in [-0.1, -0.05) is 37.3 Å². The van der Waals surface area contributed by atoms with Gasteiger partial charge in [0.1, 0.15) is 6.61 Å². The quantitative estimate of drug-likeness (QED) is 0.830. The molecule has 1 aromatic carbocycles. The highest BCUT2D eigenvalue weighted by Gasteiger charge is 2.42. The molecule has 3 saturated heterocycles. The highest BCUT2D eigenvalue weighted by molar-refractivity contribution is 5.67. The number of amides is 1. The third kappa shape index (κ3) is 3.74. The molecule has 0 N–H and O–H groups in total. The summed E-state index contributed by atoms with van der Waals surface area (Å²) in [7, 11) is 0. The van der Waals surface area contributed by atoms with Crippen molar-refractivity contribution in [2.45, 2.75) is 57.3 Å². The van der Waals surface area contributed by atoms with Crippen LogP contribution in [0.3, 0.4) is 0 Å². The van der Waals surface area contributed by atoms with Crippen LogP contribution in [0.5, 0.6) is 0 Å². The second-order valence-corrected chi connectivity index (χ2v) is 7.90. The van der Waals surface area contributed by atoms with Crippen molar-refractivity contribution in [1.82, 2.24) is 14.7 Å². The van der Waals surface area contributed by atoms with Crippen molar-refractivity contribution in [1.29, 1.82) is 0 Å². The summed E-state index contributed by atoms with van der Waals surface area (Å²) in [6.45, 7) is 7.40. The van der Waals surface area contributed by atoms with E-state index in [-0.39, 0.29) is 6.09 Å². The van der Waals surface area contributed by atoms with Crippen LogP contribution in [0.2, 0.25) is 0 Å². The lowest BCUT2D eigenvalue weighted by Gasteiger charge is -2.45. The van der Waals surface area contributed by atoms with Gasteiger partial charge in [-0.3, -0.25) is 9.80 Å². The maximum absolute atomic E-state index is 12.3. The van der Waals surface area contributed by atoms with E-state index in [1.54, 1.807) is 0 Å². The number of carbonyl (C=O) groups excluding carboxylic acids is 1. The fourth-order valence-corrected chi connectivity index (χ4v) is 5.14. The van der Waals surface area contributed by atoms with Crippen LogP contribution < -0.4 is 0 Å². The molecular weight excluding hydrogens is 326 g/mol. The first-order valence-electron chi connectivity index (χ1n) is 10.2. The van der Waals surface area contributed by atoms with Crippen LogP contribution in [0.4, 0.5) is 4.79 Å². The smallest absolute Gasteiger partial charge is 0.410 e. The lowest BCUT2D eigenvalue weighted by Crippen LogP contribution is -2.56. The largest absolute Gasteiger partial charge is 0.445 e. The number of nitrogens with zero attached hydrogens (tertiary/aromatic N) is 3. The molecule has 3 aliphatic rings. The van der Waals surface area contributed by atoms with E-state index in [0.717, 1.165) is 43.8 Å². The number of ether oxygens (including phenoxy) is 1. The molecule has 0 radical (unpaired) electrons. The van der Waals surface area contributed by atoms with Gasteiger partial charge in [0.15, 0.2) is 0 Å². The number of piperidine rings is 1. The van der Waals surface area contributed by atoms with Crippen LogP contribution >= 0.6 is 0 Å². The second kappa shape index (κ2) is 7.97. The predicted molar refractivity (Wildman–Crippen MR) is 102 cm³/mol. The average molecular weight is 357 g/mol. The zero-order chi connectivity index (χ0) is 17.9. The Hall–Kier alpha value is -1.59. The third-order valence-corrected chi connectivity index (χ3v) is 6.52. The highest BCUT2D eigenvalue weighted by Crippen LogP contribution is 2.37. The van der Waals surface area contributed by atoms with E-state index >= 15 is 0 Å². The molecular formula is C21H31N3O2. The van der Waals surface area contributed by atoms with Gasteiger partial charge < -0.3 is 9.64 Å². The van der Waals surface area contributed by atoms with Crippen molar-refractivity contribution in [3.63, 3.8) is 0 Å². The average Bonchev–Trinajstić information content (AvgIpc) is 2.94. The Balaban J connectivity index is 1.23. The van der Waals surface area contributed by atoms with Crippen LogP contribution in [0.1, 0.15) is 38.2 Å². The lowest BCUT2D eigenvalue weighted by atomic mass is 9.95. The molecule has 2 unspecified atom stereocenters. The first kappa shape index (κ1) is 17.8. The Morgan fingerprint density at radius 2 is 1.65 bits per heavy atom. The predicted octanol–water partition coefficient (Wildman–Crippen LogP) is 2.96. The number of carbonyl (C=O) groups is 1. The molecule has 3 fully saturated rings. The summed E-state index contributed by atoms with van der Waals surface area (Å²) in [5.41, 5.74) is 1.04. The minimum Gasteiger partial charge on any atom is -0.445 e. The maximum Gasteiger partial charge on any atom is 0.410 e. The van der Waals surface area contributed by atoms with E-state index in [1.807, 2.05) is 35.2 Å². The fraction of sp³-hybridized carbons (Fsp3) is 0.667. The molecule has 3 aliphatic heterocycles. The minimum atomic E-state index is -0.172. The van der Waals surface area contributed by atoms with Crippen molar-refractivity contribution in [2.24, 2.45) is 0 Å². The zero-order valence-corrected chi connectivity index (χ0v) is 15.8. The standard InChI is InChI=1S/C21H31N3O2/c1-2-24-18-8-9-19(24)15-20(14-18)22-10-12-23(13-11-22)21(25)26-16-17-6-4-3-5-7-17/h3-7,18-20H,2,8-16H2,1H3. The molecule has 0 saturated carbocycles. The molecule has 0 aliphatic carbocycles. The molecule has 4 rings (SSSR count). The maximum atomic E-state index is 12.3. The summed E-state index contributed by atoms with van der Waals surface area (Å²) in [5.74, 6) is 0. The number of hydrogen-bond acceptors (Lipinski definition) is 4. The van der Waals surface area contributed by atoms with Crippen molar-refractivity contribution in [2.75, 3.05) is 32.7 Å². The summed E-state index contributed by atoms with van der Waals surface area (Å²) < 4.78 is 5.48. The summed E-state index contributed by atoms with van der Waals surface area (Å²) in [5, 5.41) is 0. The topological polar surface area (TPSA) is 36.0 Å². The molecule has 1 aromatic rings. The van der Waals surface area contributed by atoms with Crippen LogP contribution in [-0.4, -0.2) is 71.6 Å². The van der Waals surface area contributed by atoms with Crippen molar-refractivity contribution < 1.29 is 9.53 Å². The van der Waals surface area contributed by atoms with Gasteiger partial charge in [-0.25, -0.2) is 4.79 Å². The Labute approximate surface area is 156 Å². The summed E-state index contributed by atoms with van der Waals surface area (Å²) in [6, 6.07) is 12.2. The van der Waals surface area contributed by atoms with Gasteiger partial charge in [-0.2, -0.15) is 0 Å². The lowest BCUT2D eigenvalue weighted by molar-refractivity contribution is 0.0257. The molecule has 2 bridgehead atoms. The number of benzene rings is 1. The van der Waals surface area contributed by atoms with Gasteiger partial charge in [0.25, 0.3) is 0 Å². The molecule has 5 heteroatoms. The SMILES string of the molecule is CCN1C2CCC1CC(N1CCN(C(=O)OCc3ccccc3)CC1)C2. The van der Waals surface area contributed by atoms with Crippen LogP contribution in [0.25, 0.3) is 0 Å². The molecule has 26 heavy (non-hydrogen) atoms. The van der Waals surface area contributed by atoms with E-state index in [2.05, 4.69) is 16.7 Å². The van der Waals surface area contributed by atoms with E-state index in [4.69, 9.17) is 4.74 Å². The van der Waals surface area contributed by atoms with Gasteiger partial charge in [0.05, 0.1) is 0 Å². The first-order valence-corrected chi connectivity index (χ1v) is 10.2. The monoisotopic (exact) mass is 357 g/mol. The van der Waals surface area contributed by atoms with Crippen LogP contribution in [-0.2, 0) is 11.3 Å². The van der Waals surface area contributed by atoms with Crippen molar-refractivity contribution in [3.8, 4) is 0 Å². The van der Waals surface area contributed by atoms with Gasteiger partial charge in [0, 0.05) is 44.3 Å². The van der Waals surface area contributed by atoms with Gasteiger partial charge in [-0.05, 0) is 37.8 Å². The Kier molecular flexibility index (Phi) is 5.46. The molecule has 0 spiro atoms. The van der Waals surface area contributed by atoms with E-state index < -0.39 is 0 Å². The van der Waals surface area contributed by atoms with Crippen molar-refractivity contribution >= 4 is 6.09 Å². The minimum absolute atomic E-state index is 0.172. The molecule has 1 amide bonds. The fourth-order valence-electron chi connectivity index (χ4n) is 5.14. The summed E-state index contributed by atoms with van der Waals surface area (Å²) in [4.78, 5) is 19.5. The Morgan fingerprint density at radius 3 is 2.27 bits per heavy atom. The molecule has 3 heterocycles. The second-order valence-electron chi connectivity index (χ2n) is 7.90. The van der Waals surface area contributed by atoms with Crippen LogP contribution in [0, 0.1) is 0 Å². The molecule has 142 valence electrons. The molecule has 5 nitrogen and oxygen atoms in total.